The Hall–Kier alpha value is -1.95. The van der Waals surface area contributed by atoms with E-state index in [0.29, 0.717) is 10.7 Å². The van der Waals surface area contributed by atoms with Gasteiger partial charge in [0.15, 0.2) is 10.9 Å². The molecule has 0 atom stereocenters. The zero-order chi connectivity index (χ0) is 13.0. The summed E-state index contributed by atoms with van der Waals surface area (Å²) < 4.78 is 14.4. The molecule has 0 saturated heterocycles. The number of carbonyl (C=O) groups excluding carboxylic acids is 1. The van der Waals surface area contributed by atoms with Crippen LogP contribution in [-0.4, -0.2) is 20.5 Å². The molecule has 2 rings (SSSR count). The molecule has 18 heavy (non-hydrogen) atoms. The summed E-state index contributed by atoms with van der Waals surface area (Å²) in [7, 11) is 1.82. The molecule has 0 N–H and O–H groups in total. The number of halogens is 1. The molecule has 0 fully saturated rings. The fourth-order valence-corrected chi connectivity index (χ4v) is 1.87. The largest absolute Gasteiger partial charge is 0.312 e. The van der Waals surface area contributed by atoms with E-state index in [-0.39, 0.29) is 11.6 Å². The third-order valence-corrected chi connectivity index (χ3v) is 3.04. The van der Waals surface area contributed by atoms with Gasteiger partial charge in [-0.2, -0.15) is 0 Å². The normalized spacial score (nSPS) is 11.0. The van der Waals surface area contributed by atoms with E-state index in [2.05, 4.69) is 10.2 Å². The second-order valence-corrected chi connectivity index (χ2v) is 4.39. The van der Waals surface area contributed by atoms with Crippen LogP contribution in [0.15, 0.2) is 47.2 Å². The van der Waals surface area contributed by atoms with Gasteiger partial charge in [0.05, 0.1) is 0 Å². The highest BCUT2D eigenvalue weighted by atomic mass is 32.2. The number of aromatic nitrogens is 3. The fourth-order valence-electron chi connectivity index (χ4n) is 1.25. The first kappa shape index (κ1) is 12.5. The van der Waals surface area contributed by atoms with Crippen LogP contribution < -0.4 is 0 Å². The van der Waals surface area contributed by atoms with Gasteiger partial charge in [0.2, 0.25) is 0 Å². The SMILES string of the molecule is Cn1cnnc1S/C=C/C(=O)c1ccc(F)cc1. The van der Waals surface area contributed by atoms with E-state index in [4.69, 9.17) is 0 Å². The molecule has 0 bridgehead atoms. The number of nitrogens with zero attached hydrogens (tertiary/aromatic N) is 3. The van der Waals surface area contributed by atoms with Crippen LogP contribution in [0.3, 0.4) is 0 Å². The number of benzene rings is 1. The number of aryl methyl sites for hydroxylation is 1. The van der Waals surface area contributed by atoms with Crippen molar-refractivity contribution in [2.45, 2.75) is 5.16 Å². The highest BCUT2D eigenvalue weighted by Crippen LogP contribution is 2.15. The molecule has 6 heteroatoms. The van der Waals surface area contributed by atoms with Crippen LogP contribution in [-0.2, 0) is 7.05 Å². The van der Waals surface area contributed by atoms with Crippen molar-refractivity contribution in [3.05, 3.63) is 53.5 Å². The Labute approximate surface area is 108 Å². The monoisotopic (exact) mass is 263 g/mol. The van der Waals surface area contributed by atoms with Gasteiger partial charge < -0.3 is 4.57 Å². The van der Waals surface area contributed by atoms with Crippen molar-refractivity contribution in [1.29, 1.82) is 0 Å². The maximum absolute atomic E-state index is 12.7. The second kappa shape index (κ2) is 5.59. The van der Waals surface area contributed by atoms with E-state index >= 15 is 0 Å². The molecule has 0 saturated carbocycles. The Morgan fingerprint density at radius 3 is 2.72 bits per heavy atom. The van der Waals surface area contributed by atoms with Crippen LogP contribution in [0.1, 0.15) is 10.4 Å². The summed E-state index contributed by atoms with van der Waals surface area (Å²) in [6.45, 7) is 0. The van der Waals surface area contributed by atoms with Crippen LogP contribution in [0.2, 0.25) is 0 Å². The lowest BCUT2D eigenvalue weighted by Gasteiger charge is -1.95. The minimum Gasteiger partial charge on any atom is -0.312 e. The van der Waals surface area contributed by atoms with Crippen molar-refractivity contribution in [2.24, 2.45) is 7.05 Å². The van der Waals surface area contributed by atoms with Gasteiger partial charge >= 0.3 is 0 Å². The second-order valence-electron chi connectivity index (χ2n) is 3.52. The van der Waals surface area contributed by atoms with Crippen LogP contribution in [0.5, 0.6) is 0 Å². The van der Waals surface area contributed by atoms with Crippen molar-refractivity contribution in [3.8, 4) is 0 Å². The molecule has 2 aromatic rings. The third kappa shape index (κ3) is 3.04. The van der Waals surface area contributed by atoms with E-state index in [0.717, 1.165) is 0 Å². The van der Waals surface area contributed by atoms with Crippen LogP contribution in [0, 0.1) is 5.82 Å². The summed E-state index contributed by atoms with van der Waals surface area (Å²) in [6.07, 6.45) is 3.00. The zero-order valence-electron chi connectivity index (χ0n) is 9.58. The molecule has 0 aliphatic carbocycles. The minimum absolute atomic E-state index is 0.176. The average Bonchev–Trinajstić information content (AvgIpc) is 2.76. The molecule has 0 aliphatic rings. The summed E-state index contributed by atoms with van der Waals surface area (Å²) in [6, 6.07) is 5.43. The predicted molar refractivity (Wildman–Crippen MR) is 66.7 cm³/mol. The molecular formula is C12H10FN3OS. The van der Waals surface area contributed by atoms with Gasteiger partial charge in [-0.1, -0.05) is 11.8 Å². The summed E-state index contributed by atoms with van der Waals surface area (Å²) in [4.78, 5) is 11.7. The van der Waals surface area contributed by atoms with E-state index < -0.39 is 0 Å². The van der Waals surface area contributed by atoms with E-state index in [9.17, 15) is 9.18 Å². The van der Waals surface area contributed by atoms with Gasteiger partial charge in [-0.25, -0.2) is 4.39 Å². The molecule has 0 spiro atoms. The predicted octanol–water partition coefficient (Wildman–Crippen LogP) is 2.44. The number of carbonyl (C=O) groups is 1. The number of allylic oxidation sites excluding steroid dienone is 1. The quantitative estimate of drug-likeness (QED) is 0.483. The average molecular weight is 263 g/mol. The molecule has 0 unspecified atom stereocenters. The first-order valence-corrected chi connectivity index (χ1v) is 6.02. The lowest BCUT2D eigenvalue weighted by Crippen LogP contribution is -1.93. The lowest BCUT2D eigenvalue weighted by atomic mass is 10.1. The number of hydrogen-bond donors (Lipinski definition) is 0. The maximum atomic E-state index is 12.7. The smallest absolute Gasteiger partial charge is 0.194 e. The zero-order valence-corrected chi connectivity index (χ0v) is 10.4. The number of ketones is 1. The summed E-state index contributed by atoms with van der Waals surface area (Å²) >= 11 is 1.29. The number of rotatable bonds is 4. The Balaban J connectivity index is 1.99. The van der Waals surface area contributed by atoms with Gasteiger partial charge in [0.1, 0.15) is 12.1 Å². The van der Waals surface area contributed by atoms with Gasteiger partial charge in [-0.05, 0) is 35.7 Å². The Kier molecular flexibility index (Phi) is 3.88. The van der Waals surface area contributed by atoms with Gasteiger partial charge in [0, 0.05) is 12.6 Å². The highest BCUT2D eigenvalue weighted by Gasteiger charge is 2.02. The summed E-state index contributed by atoms with van der Waals surface area (Å²) in [5.41, 5.74) is 0.450. The molecule has 4 nitrogen and oxygen atoms in total. The maximum Gasteiger partial charge on any atom is 0.194 e. The molecular weight excluding hydrogens is 253 g/mol. The summed E-state index contributed by atoms with van der Waals surface area (Å²) in [5.74, 6) is -0.534. The topological polar surface area (TPSA) is 47.8 Å². The van der Waals surface area contributed by atoms with Crippen LogP contribution in [0.25, 0.3) is 0 Å². The standard InChI is InChI=1S/C12H10FN3OS/c1-16-8-14-15-12(16)18-7-6-11(17)9-2-4-10(13)5-3-9/h2-8H,1H3/b7-6+. The van der Waals surface area contributed by atoms with E-state index in [1.165, 1.54) is 42.1 Å². The fraction of sp³-hybridized carbons (Fsp3) is 0.0833. The van der Waals surface area contributed by atoms with Crippen molar-refractivity contribution in [2.75, 3.05) is 0 Å². The first-order chi connectivity index (χ1) is 8.66. The van der Waals surface area contributed by atoms with Crippen molar-refractivity contribution < 1.29 is 9.18 Å². The van der Waals surface area contributed by atoms with E-state index in [1.807, 2.05) is 7.05 Å². The molecule has 0 radical (unpaired) electrons. The van der Waals surface area contributed by atoms with Crippen LogP contribution >= 0.6 is 11.8 Å². The number of thioether (sulfide) groups is 1. The molecule has 0 amide bonds. The first-order valence-electron chi connectivity index (χ1n) is 5.14. The van der Waals surface area contributed by atoms with Gasteiger partial charge in [-0.3, -0.25) is 4.79 Å². The minimum atomic E-state index is -0.357. The van der Waals surface area contributed by atoms with Crippen molar-refractivity contribution >= 4 is 17.5 Å². The third-order valence-electron chi connectivity index (χ3n) is 2.19. The molecule has 92 valence electrons. The van der Waals surface area contributed by atoms with Crippen molar-refractivity contribution in [1.82, 2.24) is 14.8 Å². The van der Waals surface area contributed by atoms with Gasteiger partial charge in [0.25, 0.3) is 0 Å². The molecule has 1 aromatic carbocycles. The summed E-state index contributed by atoms with van der Waals surface area (Å²) in [5, 5.41) is 9.91. The van der Waals surface area contributed by atoms with Crippen LogP contribution in [0.4, 0.5) is 4.39 Å². The molecule has 0 aliphatic heterocycles. The Bertz CT molecular complexity index is 577. The van der Waals surface area contributed by atoms with E-state index in [1.54, 1.807) is 16.3 Å². The molecule has 1 heterocycles. The lowest BCUT2D eigenvalue weighted by molar-refractivity contribution is 0.104. The number of hydrogen-bond acceptors (Lipinski definition) is 4. The Morgan fingerprint density at radius 2 is 2.11 bits per heavy atom. The molecule has 1 aromatic heterocycles. The highest BCUT2D eigenvalue weighted by molar-refractivity contribution is 8.02. The Morgan fingerprint density at radius 1 is 1.39 bits per heavy atom. The van der Waals surface area contributed by atoms with Crippen molar-refractivity contribution in [3.63, 3.8) is 0 Å². The van der Waals surface area contributed by atoms with Gasteiger partial charge in [-0.15, -0.1) is 10.2 Å².